The first kappa shape index (κ1) is 11.9. The fourth-order valence-corrected chi connectivity index (χ4v) is 3.04. The van der Waals surface area contributed by atoms with Gasteiger partial charge in [-0.3, -0.25) is 4.79 Å². The lowest BCUT2D eigenvalue weighted by Crippen LogP contribution is -2.58. The van der Waals surface area contributed by atoms with Crippen LogP contribution in [-0.4, -0.2) is 23.4 Å². The van der Waals surface area contributed by atoms with Gasteiger partial charge in [0.2, 0.25) is 5.91 Å². The minimum absolute atomic E-state index is 0.0447. The largest absolute Gasteiger partial charge is 0.339 e. The standard InChI is InChI=1S/C11H15ClN2OS/c1-14(7-8-3-4-9(12)16-8)10(15)11(13)5-2-6-11/h3-4H,2,5-7,13H2,1H3. The zero-order chi connectivity index (χ0) is 11.8. The summed E-state index contributed by atoms with van der Waals surface area (Å²) in [6.07, 6.45) is 2.67. The van der Waals surface area contributed by atoms with Gasteiger partial charge in [-0.05, 0) is 31.4 Å². The predicted octanol–water partition coefficient (Wildman–Crippen LogP) is 2.24. The molecule has 0 aliphatic heterocycles. The normalized spacial score (nSPS) is 17.9. The highest BCUT2D eigenvalue weighted by atomic mass is 35.5. The molecule has 5 heteroatoms. The minimum atomic E-state index is -0.601. The molecule has 0 atom stereocenters. The van der Waals surface area contributed by atoms with Crippen LogP contribution in [0.25, 0.3) is 0 Å². The molecular weight excluding hydrogens is 244 g/mol. The highest BCUT2D eigenvalue weighted by molar-refractivity contribution is 7.16. The van der Waals surface area contributed by atoms with Gasteiger partial charge in [-0.25, -0.2) is 0 Å². The first-order chi connectivity index (χ1) is 7.51. The molecule has 1 aromatic heterocycles. The van der Waals surface area contributed by atoms with Crippen LogP contribution in [0.5, 0.6) is 0 Å². The van der Waals surface area contributed by atoms with Crippen LogP contribution < -0.4 is 5.73 Å². The smallest absolute Gasteiger partial charge is 0.242 e. The zero-order valence-electron chi connectivity index (χ0n) is 9.20. The molecule has 0 radical (unpaired) electrons. The Morgan fingerprint density at radius 1 is 1.62 bits per heavy atom. The number of amides is 1. The Kier molecular flexibility index (Phi) is 3.24. The van der Waals surface area contributed by atoms with Gasteiger partial charge in [0.15, 0.2) is 0 Å². The molecule has 3 nitrogen and oxygen atoms in total. The van der Waals surface area contributed by atoms with E-state index in [9.17, 15) is 4.79 Å². The quantitative estimate of drug-likeness (QED) is 0.904. The predicted molar refractivity (Wildman–Crippen MR) is 66.6 cm³/mol. The molecule has 2 N–H and O–H groups in total. The van der Waals surface area contributed by atoms with Crippen LogP contribution >= 0.6 is 22.9 Å². The average molecular weight is 259 g/mol. The fourth-order valence-electron chi connectivity index (χ4n) is 1.89. The van der Waals surface area contributed by atoms with Crippen molar-refractivity contribution in [1.29, 1.82) is 0 Å². The van der Waals surface area contributed by atoms with Crippen LogP contribution in [0, 0.1) is 0 Å². The number of rotatable bonds is 3. The van der Waals surface area contributed by atoms with E-state index < -0.39 is 5.54 Å². The summed E-state index contributed by atoms with van der Waals surface area (Å²) in [7, 11) is 1.79. The summed E-state index contributed by atoms with van der Waals surface area (Å²) in [5.74, 6) is 0.0447. The Morgan fingerprint density at radius 3 is 2.75 bits per heavy atom. The molecule has 0 aromatic carbocycles. The van der Waals surface area contributed by atoms with Crippen LogP contribution in [0.3, 0.4) is 0 Å². The second-order valence-corrected chi connectivity index (χ2v) is 6.18. The Balaban J connectivity index is 1.97. The van der Waals surface area contributed by atoms with Crippen LogP contribution in [0.2, 0.25) is 4.34 Å². The second kappa shape index (κ2) is 4.35. The molecular formula is C11H15ClN2OS. The summed E-state index contributed by atoms with van der Waals surface area (Å²) in [5, 5.41) is 0. The third-order valence-electron chi connectivity index (χ3n) is 3.04. The van der Waals surface area contributed by atoms with E-state index in [0.717, 1.165) is 28.5 Å². The number of hydrogen-bond acceptors (Lipinski definition) is 3. The van der Waals surface area contributed by atoms with Crippen molar-refractivity contribution in [2.24, 2.45) is 5.73 Å². The lowest BCUT2D eigenvalue weighted by atomic mass is 9.76. The first-order valence-electron chi connectivity index (χ1n) is 5.30. The Hall–Kier alpha value is -0.580. The molecule has 0 unspecified atom stereocenters. The van der Waals surface area contributed by atoms with Crippen molar-refractivity contribution < 1.29 is 4.79 Å². The number of nitrogens with zero attached hydrogens (tertiary/aromatic N) is 1. The second-order valence-electron chi connectivity index (χ2n) is 4.38. The van der Waals surface area contributed by atoms with E-state index in [2.05, 4.69) is 0 Å². The van der Waals surface area contributed by atoms with Crippen LogP contribution in [0.15, 0.2) is 12.1 Å². The van der Waals surface area contributed by atoms with Gasteiger partial charge in [0.05, 0.1) is 16.4 Å². The highest BCUT2D eigenvalue weighted by Crippen LogP contribution is 2.31. The number of carbonyl (C=O) groups is 1. The van der Waals surface area contributed by atoms with Gasteiger partial charge in [0.25, 0.3) is 0 Å². The Morgan fingerprint density at radius 2 is 2.31 bits per heavy atom. The van der Waals surface area contributed by atoms with Crippen LogP contribution in [-0.2, 0) is 11.3 Å². The number of thiophene rings is 1. The highest BCUT2D eigenvalue weighted by Gasteiger charge is 2.41. The van der Waals surface area contributed by atoms with Crippen molar-refractivity contribution in [3.8, 4) is 0 Å². The van der Waals surface area contributed by atoms with E-state index in [1.54, 1.807) is 11.9 Å². The molecule has 0 saturated heterocycles. The van der Waals surface area contributed by atoms with Crippen LogP contribution in [0.1, 0.15) is 24.1 Å². The molecule has 0 spiro atoms. The molecule has 1 amide bonds. The van der Waals surface area contributed by atoms with Crippen molar-refractivity contribution >= 4 is 28.8 Å². The summed E-state index contributed by atoms with van der Waals surface area (Å²) >= 11 is 7.34. The van der Waals surface area contributed by atoms with Crippen molar-refractivity contribution in [1.82, 2.24) is 4.90 Å². The fraction of sp³-hybridized carbons (Fsp3) is 0.545. The number of likely N-dealkylation sites (N-methyl/N-ethyl adjacent to an activating group) is 1. The topological polar surface area (TPSA) is 46.3 Å². The summed E-state index contributed by atoms with van der Waals surface area (Å²) in [4.78, 5) is 14.8. The van der Waals surface area contributed by atoms with Gasteiger partial charge in [0.1, 0.15) is 0 Å². The van der Waals surface area contributed by atoms with E-state index in [4.69, 9.17) is 17.3 Å². The average Bonchev–Trinajstić information content (AvgIpc) is 2.59. The number of carbonyl (C=O) groups excluding carboxylic acids is 1. The maximum absolute atomic E-state index is 12.0. The van der Waals surface area contributed by atoms with E-state index in [1.165, 1.54) is 11.3 Å². The SMILES string of the molecule is CN(Cc1ccc(Cl)s1)C(=O)C1(N)CCC1. The third kappa shape index (κ3) is 2.24. The van der Waals surface area contributed by atoms with E-state index >= 15 is 0 Å². The lowest BCUT2D eigenvalue weighted by molar-refractivity contribution is -0.139. The van der Waals surface area contributed by atoms with Crippen molar-refractivity contribution in [3.63, 3.8) is 0 Å². The van der Waals surface area contributed by atoms with Crippen LogP contribution in [0.4, 0.5) is 0 Å². The van der Waals surface area contributed by atoms with Gasteiger partial charge in [-0.2, -0.15) is 0 Å². The van der Waals surface area contributed by atoms with E-state index in [-0.39, 0.29) is 5.91 Å². The maximum atomic E-state index is 12.0. The third-order valence-corrected chi connectivity index (χ3v) is 4.26. The number of halogens is 1. The molecule has 0 bridgehead atoms. The lowest BCUT2D eigenvalue weighted by Gasteiger charge is -2.39. The zero-order valence-corrected chi connectivity index (χ0v) is 10.8. The van der Waals surface area contributed by atoms with Gasteiger partial charge >= 0.3 is 0 Å². The minimum Gasteiger partial charge on any atom is -0.339 e. The molecule has 1 aromatic rings. The maximum Gasteiger partial charge on any atom is 0.242 e. The molecule has 1 fully saturated rings. The van der Waals surface area contributed by atoms with E-state index in [0.29, 0.717) is 6.54 Å². The van der Waals surface area contributed by atoms with E-state index in [1.807, 2.05) is 12.1 Å². The molecule has 88 valence electrons. The molecule has 2 rings (SSSR count). The van der Waals surface area contributed by atoms with Gasteiger partial charge in [-0.15, -0.1) is 11.3 Å². The summed E-state index contributed by atoms with van der Waals surface area (Å²) in [6.45, 7) is 0.592. The monoisotopic (exact) mass is 258 g/mol. The molecule has 16 heavy (non-hydrogen) atoms. The number of nitrogens with two attached hydrogens (primary N) is 1. The molecule has 1 heterocycles. The van der Waals surface area contributed by atoms with Gasteiger partial charge in [0, 0.05) is 11.9 Å². The molecule has 1 saturated carbocycles. The summed E-state index contributed by atoms with van der Waals surface area (Å²) in [5.41, 5.74) is 5.39. The van der Waals surface area contributed by atoms with Crippen molar-refractivity contribution in [3.05, 3.63) is 21.3 Å². The molecule has 1 aliphatic rings. The van der Waals surface area contributed by atoms with Crippen molar-refractivity contribution in [2.75, 3.05) is 7.05 Å². The van der Waals surface area contributed by atoms with Gasteiger partial charge in [-0.1, -0.05) is 11.6 Å². The Bertz CT molecular complexity index is 400. The van der Waals surface area contributed by atoms with Gasteiger partial charge < -0.3 is 10.6 Å². The van der Waals surface area contributed by atoms with Crippen molar-refractivity contribution in [2.45, 2.75) is 31.3 Å². The Labute approximate surface area is 104 Å². The first-order valence-corrected chi connectivity index (χ1v) is 6.49. The molecule has 1 aliphatic carbocycles. The summed E-state index contributed by atoms with van der Waals surface area (Å²) in [6, 6.07) is 3.79. The number of hydrogen-bond donors (Lipinski definition) is 1. The summed E-state index contributed by atoms with van der Waals surface area (Å²) < 4.78 is 0.752.